The Labute approximate surface area is 188 Å². The molecule has 6 heteroatoms. The third kappa shape index (κ3) is 5.73. The Morgan fingerprint density at radius 2 is 2.13 bits per heavy atom. The number of amidine groups is 1. The smallest absolute Gasteiger partial charge is 0.166 e. The highest BCUT2D eigenvalue weighted by atomic mass is 32.2. The maximum absolute atomic E-state index is 14.2. The lowest BCUT2D eigenvalue weighted by Gasteiger charge is -2.19. The van der Waals surface area contributed by atoms with Gasteiger partial charge < -0.3 is 5.32 Å². The summed E-state index contributed by atoms with van der Waals surface area (Å²) in [6.45, 7) is 8.65. The van der Waals surface area contributed by atoms with E-state index in [1.165, 1.54) is 11.3 Å². The number of nitrogens with zero attached hydrogens (tertiary/aromatic N) is 3. The molecular formula is C25H31FN4S. The predicted molar refractivity (Wildman–Crippen MR) is 132 cm³/mol. The highest BCUT2D eigenvalue weighted by Crippen LogP contribution is 2.33. The maximum Gasteiger partial charge on any atom is 0.166 e. The monoisotopic (exact) mass is 438 g/mol. The lowest BCUT2D eigenvalue weighted by atomic mass is 9.97. The second-order valence-corrected chi connectivity index (χ2v) is 9.96. The van der Waals surface area contributed by atoms with E-state index in [1.54, 1.807) is 18.7 Å². The molecule has 2 aliphatic heterocycles. The molecule has 2 unspecified atom stereocenters. The summed E-state index contributed by atoms with van der Waals surface area (Å²) in [7, 11) is 0. The summed E-state index contributed by atoms with van der Waals surface area (Å²) < 4.78 is 14.2. The molecule has 1 N–H and O–H groups in total. The average Bonchev–Trinajstić information content (AvgIpc) is 3.06. The molecule has 4 nitrogen and oxygen atoms in total. The van der Waals surface area contributed by atoms with Gasteiger partial charge in [0.25, 0.3) is 0 Å². The Kier molecular flexibility index (Phi) is 6.75. The molecule has 0 radical (unpaired) electrons. The van der Waals surface area contributed by atoms with Crippen molar-refractivity contribution in [3.8, 4) is 0 Å². The summed E-state index contributed by atoms with van der Waals surface area (Å²) in [5.41, 5.74) is 5.23. The maximum atomic E-state index is 14.2. The van der Waals surface area contributed by atoms with Gasteiger partial charge in [0.1, 0.15) is 5.67 Å². The van der Waals surface area contributed by atoms with Crippen molar-refractivity contribution in [1.82, 2.24) is 5.32 Å². The van der Waals surface area contributed by atoms with E-state index in [0.717, 1.165) is 65.8 Å². The topological polar surface area (TPSA) is 49.1 Å². The van der Waals surface area contributed by atoms with E-state index in [-0.39, 0.29) is 0 Å². The lowest BCUT2D eigenvalue weighted by molar-refractivity contribution is 0.163. The first-order valence-corrected chi connectivity index (χ1v) is 12.1. The van der Waals surface area contributed by atoms with Crippen LogP contribution in [0.15, 0.2) is 62.8 Å². The van der Waals surface area contributed by atoms with E-state index in [4.69, 9.17) is 9.98 Å². The average molecular weight is 439 g/mol. The Bertz CT molecular complexity index is 973. The van der Waals surface area contributed by atoms with E-state index < -0.39 is 5.67 Å². The highest BCUT2D eigenvalue weighted by molar-refractivity contribution is 8.14. The number of benzene rings is 1. The molecule has 0 aromatic heterocycles. The van der Waals surface area contributed by atoms with Gasteiger partial charge in [-0.1, -0.05) is 36.5 Å². The summed E-state index contributed by atoms with van der Waals surface area (Å²) >= 11 is 1.66. The molecule has 0 amide bonds. The number of rotatable bonds is 5. The van der Waals surface area contributed by atoms with E-state index >= 15 is 0 Å². The molecule has 1 aromatic rings. The molecule has 1 aliphatic carbocycles. The first kappa shape index (κ1) is 22.0. The number of hydrogen-bond donors (Lipinski definition) is 1. The van der Waals surface area contributed by atoms with Crippen molar-refractivity contribution in [3.05, 3.63) is 53.4 Å². The molecule has 0 spiro atoms. The van der Waals surface area contributed by atoms with Crippen LogP contribution in [-0.4, -0.2) is 35.1 Å². The first-order valence-electron chi connectivity index (χ1n) is 11.1. The Morgan fingerprint density at radius 1 is 1.29 bits per heavy atom. The number of hydrogen-bond acceptors (Lipinski definition) is 5. The van der Waals surface area contributed by atoms with Gasteiger partial charge in [-0.25, -0.2) is 9.38 Å². The molecule has 1 saturated carbocycles. The SMILES string of the molecule is C=C1NC(SCC2=Nc3ccccc3C2)=NC(C)=C1/C=N\CC1CCCC(C)(F)CC1. The van der Waals surface area contributed by atoms with E-state index in [0.29, 0.717) is 18.8 Å². The molecule has 164 valence electrons. The zero-order valence-corrected chi connectivity index (χ0v) is 19.3. The van der Waals surface area contributed by atoms with Crippen molar-refractivity contribution < 1.29 is 4.39 Å². The van der Waals surface area contributed by atoms with Gasteiger partial charge in [-0.2, -0.15) is 0 Å². The van der Waals surface area contributed by atoms with Crippen LogP contribution in [0.1, 0.15) is 51.5 Å². The number of fused-ring (bicyclic) bond motifs is 1. The number of alkyl halides is 1. The third-order valence-corrected chi connectivity index (χ3v) is 7.19. The summed E-state index contributed by atoms with van der Waals surface area (Å²) in [6, 6.07) is 8.29. The zero-order valence-electron chi connectivity index (χ0n) is 18.5. The number of thioether (sulfide) groups is 1. The Morgan fingerprint density at radius 3 is 2.94 bits per heavy atom. The predicted octanol–water partition coefficient (Wildman–Crippen LogP) is 6.17. The van der Waals surface area contributed by atoms with Crippen LogP contribution < -0.4 is 5.32 Å². The fraction of sp³-hybridized carbons (Fsp3) is 0.480. The van der Waals surface area contributed by atoms with Crippen LogP contribution >= 0.6 is 11.8 Å². The van der Waals surface area contributed by atoms with Crippen molar-refractivity contribution in [2.24, 2.45) is 20.9 Å². The molecule has 31 heavy (non-hydrogen) atoms. The van der Waals surface area contributed by atoms with Crippen LogP contribution in [0.4, 0.5) is 10.1 Å². The van der Waals surface area contributed by atoms with E-state index in [1.807, 2.05) is 19.2 Å². The van der Waals surface area contributed by atoms with Crippen molar-refractivity contribution in [2.75, 3.05) is 12.3 Å². The summed E-state index contributed by atoms with van der Waals surface area (Å²) in [5, 5.41) is 4.17. The number of nitrogens with one attached hydrogen (secondary N) is 1. The second kappa shape index (κ2) is 9.51. The number of allylic oxidation sites excluding steroid dienone is 2. The van der Waals surface area contributed by atoms with Gasteiger partial charge in [0.2, 0.25) is 0 Å². The van der Waals surface area contributed by atoms with Gasteiger partial charge in [-0.3, -0.25) is 9.98 Å². The van der Waals surface area contributed by atoms with Gasteiger partial charge in [-0.05, 0) is 63.5 Å². The standard InChI is InChI=1S/C25H31FN4S/c1-17-22(15-27-14-19-7-6-11-25(3,26)12-10-19)18(2)29-24(28-17)31-16-21-13-20-8-4-5-9-23(20)30-21/h4-5,8-9,15,19H,1,6-7,10-14,16H2,2-3H3,(H,28,29)/b27-15-. The lowest BCUT2D eigenvalue weighted by Crippen LogP contribution is -2.26. The number of halogens is 1. The van der Waals surface area contributed by atoms with Crippen LogP contribution in [0.5, 0.6) is 0 Å². The van der Waals surface area contributed by atoms with Crippen LogP contribution in [0.25, 0.3) is 0 Å². The Balaban J connectivity index is 1.32. The molecule has 3 aliphatic rings. The summed E-state index contributed by atoms with van der Waals surface area (Å²) in [6.07, 6.45) is 7.02. The minimum Gasteiger partial charge on any atom is -0.335 e. The van der Waals surface area contributed by atoms with E-state index in [2.05, 4.69) is 35.1 Å². The van der Waals surface area contributed by atoms with Crippen LogP contribution in [-0.2, 0) is 6.42 Å². The minimum atomic E-state index is -1.01. The number of para-hydroxylation sites is 1. The molecule has 4 rings (SSSR count). The second-order valence-electron chi connectivity index (χ2n) is 9.00. The van der Waals surface area contributed by atoms with E-state index in [9.17, 15) is 4.39 Å². The zero-order chi connectivity index (χ0) is 21.8. The largest absolute Gasteiger partial charge is 0.335 e. The van der Waals surface area contributed by atoms with Gasteiger partial charge in [0.15, 0.2) is 5.17 Å². The molecule has 2 atom stereocenters. The quantitative estimate of drug-likeness (QED) is 0.441. The van der Waals surface area contributed by atoms with Gasteiger partial charge in [0.05, 0.1) is 11.4 Å². The van der Waals surface area contributed by atoms with Gasteiger partial charge in [0, 0.05) is 41.9 Å². The molecule has 0 saturated heterocycles. The van der Waals surface area contributed by atoms with Crippen LogP contribution in [0.2, 0.25) is 0 Å². The molecule has 2 heterocycles. The minimum absolute atomic E-state index is 0.463. The normalized spacial score (nSPS) is 26.4. The fourth-order valence-corrected chi connectivity index (χ4v) is 5.21. The third-order valence-electron chi connectivity index (χ3n) is 6.25. The fourth-order valence-electron chi connectivity index (χ4n) is 4.34. The van der Waals surface area contributed by atoms with Crippen molar-refractivity contribution >= 4 is 34.5 Å². The molecular weight excluding hydrogens is 407 g/mol. The van der Waals surface area contributed by atoms with Crippen LogP contribution in [0.3, 0.4) is 0 Å². The highest BCUT2D eigenvalue weighted by Gasteiger charge is 2.28. The summed E-state index contributed by atoms with van der Waals surface area (Å²) in [4.78, 5) is 14.1. The van der Waals surface area contributed by atoms with Crippen molar-refractivity contribution in [1.29, 1.82) is 0 Å². The van der Waals surface area contributed by atoms with Crippen molar-refractivity contribution in [2.45, 2.75) is 58.0 Å². The van der Waals surface area contributed by atoms with Crippen molar-refractivity contribution in [3.63, 3.8) is 0 Å². The number of aliphatic imine (C=N–C) groups is 3. The molecule has 1 aromatic carbocycles. The molecule has 0 bridgehead atoms. The van der Waals surface area contributed by atoms with Gasteiger partial charge >= 0.3 is 0 Å². The Hall–Kier alpha value is -2.21. The van der Waals surface area contributed by atoms with Crippen LogP contribution in [0, 0.1) is 5.92 Å². The first-order chi connectivity index (χ1) is 14.9. The summed E-state index contributed by atoms with van der Waals surface area (Å²) in [5.74, 6) is 1.27. The molecule has 1 fully saturated rings. The van der Waals surface area contributed by atoms with Gasteiger partial charge in [-0.15, -0.1) is 0 Å².